The van der Waals surface area contributed by atoms with Gasteiger partial charge in [-0.2, -0.15) is 0 Å². The second-order valence-electron chi connectivity index (χ2n) is 4.59. The number of aliphatic hydroxyl groups excluding tert-OH is 1. The fraction of sp³-hybridized carbons (Fsp3) is 1.00. The molecule has 0 saturated carbocycles. The van der Waals surface area contributed by atoms with Crippen molar-refractivity contribution in [3.8, 4) is 0 Å². The summed E-state index contributed by atoms with van der Waals surface area (Å²) < 4.78 is 18.1. The summed E-state index contributed by atoms with van der Waals surface area (Å²) >= 11 is 0. The molecule has 0 heterocycles. The summed E-state index contributed by atoms with van der Waals surface area (Å²) in [7, 11) is 0. The Morgan fingerprint density at radius 1 is 1.21 bits per heavy atom. The Balaban J connectivity index is 3.14. The van der Waals surface area contributed by atoms with Crippen LogP contribution in [0.3, 0.4) is 0 Å². The van der Waals surface area contributed by atoms with Crippen LogP contribution in [0, 0.1) is 0 Å². The van der Waals surface area contributed by atoms with Gasteiger partial charge >= 0.3 is 0 Å². The number of unbranched alkanes of at least 4 members (excludes halogenated alkanes) is 2. The maximum atomic E-state index is 12.5. The topological polar surface area (TPSA) is 29.5 Å². The SMILES string of the molecule is CC(C)(C)OCCCCCC(F)CO. The fourth-order valence-corrected chi connectivity index (χ4v) is 1.11. The summed E-state index contributed by atoms with van der Waals surface area (Å²) in [6.07, 6.45) is 2.19. The van der Waals surface area contributed by atoms with Crippen molar-refractivity contribution in [1.82, 2.24) is 0 Å². The summed E-state index contributed by atoms with van der Waals surface area (Å²) in [5.41, 5.74) is -0.0757. The van der Waals surface area contributed by atoms with Crippen molar-refractivity contribution in [3.05, 3.63) is 0 Å². The lowest BCUT2D eigenvalue weighted by Crippen LogP contribution is -2.19. The van der Waals surface area contributed by atoms with E-state index in [0.29, 0.717) is 6.42 Å². The molecule has 14 heavy (non-hydrogen) atoms. The van der Waals surface area contributed by atoms with Crippen molar-refractivity contribution < 1.29 is 14.2 Å². The van der Waals surface area contributed by atoms with Crippen molar-refractivity contribution in [2.45, 2.75) is 58.2 Å². The lowest BCUT2D eigenvalue weighted by molar-refractivity contribution is -0.00492. The summed E-state index contributed by atoms with van der Waals surface area (Å²) in [6.45, 7) is 6.46. The standard InChI is InChI=1S/C11H23FO2/c1-11(2,3)14-8-6-4-5-7-10(12)9-13/h10,13H,4-9H2,1-3H3. The van der Waals surface area contributed by atoms with Crippen LogP contribution >= 0.6 is 0 Å². The molecule has 1 N–H and O–H groups in total. The predicted octanol–water partition coefficient (Wildman–Crippen LogP) is 2.69. The van der Waals surface area contributed by atoms with Gasteiger partial charge in [-0.15, -0.1) is 0 Å². The van der Waals surface area contributed by atoms with E-state index in [1.807, 2.05) is 20.8 Å². The molecule has 0 aliphatic heterocycles. The van der Waals surface area contributed by atoms with E-state index >= 15 is 0 Å². The Bertz CT molecular complexity index is 132. The van der Waals surface area contributed by atoms with Gasteiger partial charge in [-0.1, -0.05) is 12.8 Å². The number of aliphatic hydroxyl groups is 1. The summed E-state index contributed by atoms with van der Waals surface area (Å²) in [6, 6.07) is 0. The van der Waals surface area contributed by atoms with E-state index in [1.54, 1.807) is 0 Å². The Hall–Kier alpha value is -0.150. The molecule has 0 bridgehead atoms. The smallest absolute Gasteiger partial charge is 0.123 e. The first-order valence-corrected chi connectivity index (χ1v) is 5.34. The van der Waals surface area contributed by atoms with Crippen LogP contribution in [0.1, 0.15) is 46.5 Å². The molecule has 0 aromatic carbocycles. The second kappa shape index (κ2) is 7.18. The molecule has 2 nitrogen and oxygen atoms in total. The Labute approximate surface area is 86.5 Å². The Morgan fingerprint density at radius 2 is 1.86 bits per heavy atom. The van der Waals surface area contributed by atoms with Gasteiger partial charge < -0.3 is 9.84 Å². The summed E-state index contributed by atoms with van der Waals surface area (Å²) in [5, 5.41) is 8.44. The Morgan fingerprint density at radius 3 is 2.36 bits per heavy atom. The molecule has 3 heteroatoms. The van der Waals surface area contributed by atoms with E-state index in [2.05, 4.69) is 0 Å². The highest BCUT2D eigenvalue weighted by Crippen LogP contribution is 2.10. The molecule has 0 aliphatic carbocycles. The molecule has 0 aromatic rings. The van der Waals surface area contributed by atoms with Crippen LogP contribution in [0.2, 0.25) is 0 Å². The number of ether oxygens (including phenoxy) is 1. The van der Waals surface area contributed by atoms with Gasteiger partial charge in [0.15, 0.2) is 0 Å². The molecule has 0 aliphatic rings. The van der Waals surface area contributed by atoms with Crippen LogP contribution in [-0.2, 0) is 4.74 Å². The molecule has 1 unspecified atom stereocenters. The molecule has 0 aromatic heterocycles. The molecule has 0 amide bonds. The summed E-state index contributed by atoms with van der Waals surface area (Å²) in [5.74, 6) is 0. The quantitative estimate of drug-likeness (QED) is 0.649. The van der Waals surface area contributed by atoms with Crippen molar-refractivity contribution in [1.29, 1.82) is 0 Å². The third-order valence-corrected chi connectivity index (χ3v) is 1.89. The average Bonchev–Trinajstić information content (AvgIpc) is 2.08. The lowest BCUT2D eigenvalue weighted by Gasteiger charge is -2.19. The minimum atomic E-state index is -1.04. The van der Waals surface area contributed by atoms with E-state index in [1.165, 1.54) is 0 Å². The van der Waals surface area contributed by atoms with Gasteiger partial charge in [0.1, 0.15) is 6.17 Å². The number of rotatable bonds is 7. The van der Waals surface area contributed by atoms with Crippen molar-refractivity contribution in [2.75, 3.05) is 13.2 Å². The van der Waals surface area contributed by atoms with Gasteiger partial charge in [0, 0.05) is 6.61 Å². The normalized spacial score (nSPS) is 14.4. The predicted molar refractivity (Wildman–Crippen MR) is 56.2 cm³/mol. The largest absolute Gasteiger partial charge is 0.393 e. The minimum absolute atomic E-state index is 0.0757. The molecule has 0 rings (SSSR count). The van der Waals surface area contributed by atoms with Crippen LogP contribution in [-0.4, -0.2) is 30.1 Å². The first-order valence-electron chi connectivity index (χ1n) is 5.34. The highest BCUT2D eigenvalue weighted by atomic mass is 19.1. The first-order chi connectivity index (χ1) is 6.45. The maximum Gasteiger partial charge on any atom is 0.123 e. The first kappa shape index (κ1) is 13.8. The van der Waals surface area contributed by atoms with Crippen molar-refractivity contribution in [2.24, 2.45) is 0 Å². The third-order valence-electron chi connectivity index (χ3n) is 1.89. The van der Waals surface area contributed by atoms with Gasteiger partial charge in [0.05, 0.1) is 12.2 Å². The van der Waals surface area contributed by atoms with Gasteiger partial charge in [0.2, 0.25) is 0 Å². The highest BCUT2D eigenvalue weighted by Gasteiger charge is 2.09. The van der Waals surface area contributed by atoms with Gasteiger partial charge in [-0.25, -0.2) is 4.39 Å². The highest BCUT2D eigenvalue weighted by molar-refractivity contribution is 4.59. The zero-order chi connectivity index (χ0) is 11.0. The van der Waals surface area contributed by atoms with E-state index in [9.17, 15) is 4.39 Å². The summed E-state index contributed by atoms with van der Waals surface area (Å²) in [4.78, 5) is 0. The van der Waals surface area contributed by atoms with Crippen LogP contribution < -0.4 is 0 Å². The van der Waals surface area contributed by atoms with E-state index in [4.69, 9.17) is 9.84 Å². The molecule has 86 valence electrons. The molecular weight excluding hydrogens is 183 g/mol. The van der Waals surface area contributed by atoms with Crippen LogP contribution in [0.15, 0.2) is 0 Å². The maximum absolute atomic E-state index is 12.5. The molecule has 0 radical (unpaired) electrons. The molecule has 1 atom stereocenters. The van der Waals surface area contributed by atoms with E-state index in [-0.39, 0.29) is 12.2 Å². The second-order valence-corrected chi connectivity index (χ2v) is 4.59. The van der Waals surface area contributed by atoms with E-state index < -0.39 is 6.17 Å². The molecule has 0 fully saturated rings. The van der Waals surface area contributed by atoms with E-state index in [0.717, 1.165) is 25.9 Å². The van der Waals surface area contributed by atoms with Gasteiger partial charge in [-0.05, 0) is 33.6 Å². The zero-order valence-corrected chi connectivity index (χ0v) is 9.55. The van der Waals surface area contributed by atoms with Gasteiger partial charge in [-0.3, -0.25) is 0 Å². The molecule has 0 saturated heterocycles. The monoisotopic (exact) mass is 206 g/mol. The average molecular weight is 206 g/mol. The van der Waals surface area contributed by atoms with Crippen LogP contribution in [0.5, 0.6) is 0 Å². The number of hydrogen-bond acceptors (Lipinski definition) is 2. The van der Waals surface area contributed by atoms with Gasteiger partial charge in [0.25, 0.3) is 0 Å². The third kappa shape index (κ3) is 9.93. The molecule has 0 spiro atoms. The van der Waals surface area contributed by atoms with Crippen molar-refractivity contribution in [3.63, 3.8) is 0 Å². The number of halogens is 1. The van der Waals surface area contributed by atoms with Crippen LogP contribution in [0.25, 0.3) is 0 Å². The minimum Gasteiger partial charge on any atom is -0.393 e. The van der Waals surface area contributed by atoms with Crippen molar-refractivity contribution >= 4 is 0 Å². The zero-order valence-electron chi connectivity index (χ0n) is 9.55. The molecular formula is C11H23FO2. The fourth-order valence-electron chi connectivity index (χ4n) is 1.11. The number of alkyl halides is 1. The lowest BCUT2D eigenvalue weighted by atomic mass is 10.1. The number of hydrogen-bond donors (Lipinski definition) is 1. The Kier molecular flexibility index (Phi) is 7.11. The van der Waals surface area contributed by atoms with Crippen LogP contribution in [0.4, 0.5) is 4.39 Å².